The second-order valence-electron chi connectivity index (χ2n) is 6.84. The standard InChI is InChI=1S/C19H25N3O3/c1-13(2)9-14-10-16(21(3)20-14)19(23)22-11-15(12-22)25-18-8-6-5-7-17(18)24-4/h5-8,10,13,15H,9,11-12H2,1-4H3. The van der Waals surface area contributed by atoms with Gasteiger partial charge in [-0.25, -0.2) is 0 Å². The van der Waals surface area contributed by atoms with Gasteiger partial charge < -0.3 is 14.4 Å². The minimum Gasteiger partial charge on any atom is -0.493 e. The fourth-order valence-corrected chi connectivity index (χ4v) is 2.98. The van der Waals surface area contributed by atoms with E-state index in [2.05, 4.69) is 18.9 Å². The van der Waals surface area contributed by atoms with Gasteiger partial charge in [0.1, 0.15) is 11.8 Å². The molecule has 6 nitrogen and oxygen atoms in total. The van der Waals surface area contributed by atoms with E-state index in [1.54, 1.807) is 16.7 Å². The van der Waals surface area contributed by atoms with Gasteiger partial charge in [0.15, 0.2) is 11.5 Å². The molecule has 1 aliphatic heterocycles. The predicted molar refractivity (Wildman–Crippen MR) is 95.1 cm³/mol. The van der Waals surface area contributed by atoms with Gasteiger partial charge in [-0.05, 0) is 30.5 Å². The maximum atomic E-state index is 12.7. The number of benzene rings is 1. The summed E-state index contributed by atoms with van der Waals surface area (Å²) in [6.45, 7) is 5.43. The van der Waals surface area contributed by atoms with Crippen molar-refractivity contribution in [2.45, 2.75) is 26.4 Å². The number of likely N-dealkylation sites (tertiary alicyclic amines) is 1. The molecule has 2 heterocycles. The van der Waals surface area contributed by atoms with E-state index in [1.165, 1.54) is 0 Å². The third-order valence-corrected chi connectivity index (χ3v) is 4.26. The summed E-state index contributed by atoms with van der Waals surface area (Å²) in [5, 5.41) is 4.44. The second-order valence-corrected chi connectivity index (χ2v) is 6.84. The van der Waals surface area contributed by atoms with Crippen molar-refractivity contribution in [3.63, 3.8) is 0 Å². The first-order chi connectivity index (χ1) is 12.0. The molecule has 0 bridgehead atoms. The number of nitrogens with zero attached hydrogens (tertiary/aromatic N) is 3. The summed E-state index contributed by atoms with van der Waals surface area (Å²) < 4.78 is 12.9. The lowest BCUT2D eigenvalue weighted by Gasteiger charge is -2.39. The molecule has 0 N–H and O–H groups in total. The van der Waals surface area contributed by atoms with Crippen LogP contribution in [0.15, 0.2) is 30.3 Å². The maximum Gasteiger partial charge on any atom is 0.272 e. The van der Waals surface area contributed by atoms with Gasteiger partial charge in [0.25, 0.3) is 5.91 Å². The smallest absolute Gasteiger partial charge is 0.272 e. The third kappa shape index (κ3) is 3.78. The number of rotatable bonds is 6. The Balaban J connectivity index is 1.59. The molecule has 0 unspecified atom stereocenters. The number of para-hydroxylation sites is 2. The molecular weight excluding hydrogens is 318 g/mol. The van der Waals surface area contributed by atoms with Crippen LogP contribution in [0.5, 0.6) is 11.5 Å². The fourth-order valence-electron chi connectivity index (χ4n) is 2.98. The van der Waals surface area contributed by atoms with Crippen molar-refractivity contribution in [2.24, 2.45) is 13.0 Å². The first-order valence-electron chi connectivity index (χ1n) is 8.59. The molecule has 6 heteroatoms. The van der Waals surface area contributed by atoms with Crippen LogP contribution in [0, 0.1) is 5.92 Å². The summed E-state index contributed by atoms with van der Waals surface area (Å²) in [5.41, 5.74) is 1.59. The third-order valence-electron chi connectivity index (χ3n) is 4.26. The van der Waals surface area contributed by atoms with Crippen molar-refractivity contribution in [1.82, 2.24) is 14.7 Å². The Morgan fingerprint density at radius 2 is 1.96 bits per heavy atom. The van der Waals surface area contributed by atoms with Crippen molar-refractivity contribution in [1.29, 1.82) is 0 Å². The molecule has 134 valence electrons. The van der Waals surface area contributed by atoms with Gasteiger partial charge in [-0.2, -0.15) is 5.10 Å². The maximum absolute atomic E-state index is 12.7. The summed E-state index contributed by atoms with van der Waals surface area (Å²) in [4.78, 5) is 14.4. The van der Waals surface area contributed by atoms with Crippen LogP contribution in [0.3, 0.4) is 0 Å². The van der Waals surface area contributed by atoms with Crippen molar-refractivity contribution < 1.29 is 14.3 Å². The molecule has 0 radical (unpaired) electrons. The number of carbonyl (C=O) groups is 1. The number of ether oxygens (including phenoxy) is 2. The monoisotopic (exact) mass is 343 g/mol. The largest absolute Gasteiger partial charge is 0.493 e. The van der Waals surface area contributed by atoms with Gasteiger partial charge in [0, 0.05) is 7.05 Å². The van der Waals surface area contributed by atoms with Crippen LogP contribution in [-0.4, -0.2) is 46.9 Å². The Bertz CT molecular complexity index is 748. The average Bonchev–Trinajstić information content (AvgIpc) is 2.89. The lowest BCUT2D eigenvalue weighted by atomic mass is 10.1. The Morgan fingerprint density at radius 1 is 1.28 bits per heavy atom. The molecule has 0 atom stereocenters. The van der Waals surface area contributed by atoms with E-state index in [-0.39, 0.29) is 12.0 Å². The van der Waals surface area contributed by atoms with E-state index in [0.29, 0.717) is 36.2 Å². The van der Waals surface area contributed by atoms with Crippen LogP contribution in [0.25, 0.3) is 0 Å². The number of carbonyl (C=O) groups excluding carboxylic acids is 1. The fraction of sp³-hybridized carbons (Fsp3) is 0.474. The molecule has 1 fully saturated rings. The zero-order valence-electron chi connectivity index (χ0n) is 15.2. The van der Waals surface area contributed by atoms with Gasteiger partial charge in [0.05, 0.1) is 25.9 Å². The van der Waals surface area contributed by atoms with Crippen LogP contribution in [0.2, 0.25) is 0 Å². The predicted octanol–water partition coefficient (Wildman–Crippen LogP) is 2.53. The first-order valence-corrected chi connectivity index (χ1v) is 8.59. The van der Waals surface area contributed by atoms with E-state index in [4.69, 9.17) is 9.47 Å². The number of amides is 1. The molecule has 1 saturated heterocycles. The summed E-state index contributed by atoms with van der Waals surface area (Å²) >= 11 is 0. The van der Waals surface area contributed by atoms with Crippen molar-refractivity contribution >= 4 is 5.91 Å². The zero-order chi connectivity index (χ0) is 18.0. The molecular formula is C19H25N3O3. The molecule has 0 aliphatic carbocycles. The number of hydrogen-bond donors (Lipinski definition) is 0. The van der Waals surface area contributed by atoms with E-state index in [1.807, 2.05) is 37.4 Å². The molecule has 0 saturated carbocycles. The molecule has 1 aromatic carbocycles. The van der Waals surface area contributed by atoms with Crippen LogP contribution in [-0.2, 0) is 13.5 Å². The normalized spacial score (nSPS) is 14.5. The summed E-state index contributed by atoms with van der Waals surface area (Å²) in [6, 6.07) is 9.45. The summed E-state index contributed by atoms with van der Waals surface area (Å²) in [5.74, 6) is 1.93. The Morgan fingerprint density at radius 3 is 2.60 bits per heavy atom. The molecule has 0 spiro atoms. The van der Waals surface area contributed by atoms with Crippen LogP contribution in [0.1, 0.15) is 30.0 Å². The van der Waals surface area contributed by atoms with Crippen molar-refractivity contribution in [2.75, 3.05) is 20.2 Å². The van der Waals surface area contributed by atoms with Crippen molar-refractivity contribution in [3.8, 4) is 11.5 Å². The van der Waals surface area contributed by atoms with Gasteiger partial charge >= 0.3 is 0 Å². The number of aryl methyl sites for hydroxylation is 1. The number of hydrogen-bond acceptors (Lipinski definition) is 4. The molecule has 2 aromatic rings. The van der Waals surface area contributed by atoms with Gasteiger partial charge in [0.2, 0.25) is 0 Å². The highest BCUT2D eigenvalue weighted by molar-refractivity contribution is 5.93. The van der Waals surface area contributed by atoms with Crippen LogP contribution >= 0.6 is 0 Å². The molecule has 3 rings (SSSR count). The van der Waals surface area contributed by atoms with Crippen LogP contribution in [0.4, 0.5) is 0 Å². The zero-order valence-corrected chi connectivity index (χ0v) is 15.2. The Kier molecular flexibility index (Phi) is 4.97. The summed E-state index contributed by atoms with van der Waals surface area (Å²) in [7, 11) is 3.44. The minimum absolute atomic E-state index is 0.00452. The van der Waals surface area contributed by atoms with E-state index >= 15 is 0 Å². The van der Waals surface area contributed by atoms with E-state index in [9.17, 15) is 4.79 Å². The first kappa shape index (κ1) is 17.3. The van der Waals surface area contributed by atoms with E-state index < -0.39 is 0 Å². The highest BCUT2D eigenvalue weighted by Crippen LogP contribution is 2.29. The molecule has 1 aromatic heterocycles. The number of aromatic nitrogens is 2. The SMILES string of the molecule is COc1ccccc1OC1CN(C(=O)c2cc(CC(C)C)nn2C)C1. The molecule has 25 heavy (non-hydrogen) atoms. The second kappa shape index (κ2) is 7.17. The highest BCUT2D eigenvalue weighted by Gasteiger charge is 2.34. The molecule has 1 amide bonds. The van der Waals surface area contributed by atoms with Crippen LogP contribution < -0.4 is 9.47 Å². The molecule has 1 aliphatic rings. The topological polar surface area (TPSA) is 56.6 Å². The van der Waals surface area contributed by atoms with Gasteiger partial charge in [-0.3, -0.25) is 9.48 Å². The number of methoxy groups -OCH3 is 1. The van der Waals surface area contributed by atoms with E-state index in [0.717, 1.165) is 12.1 Å². The lowest BCUT2D eigenvalue weighted by molar-refractivity contribution is 0.0161. The average molecular weight is 343 g/mol. The summed E-state index contributed by atoms with van der Waals surface area (Å²) in [6.07, 6.45) is 0.865. The Labute approximate surface area is 148 Å². The van der Waals surface area contributed by atoms with Gasteiger partial charge in [-0.1, -0.05) is 26.0 Å². The van der Waals surface area contributed by atoms with Crippen molar-refractivity contribution in [3.05, 3.63) is 41.7 Å². The minimum atomic E-state index is -0.0105. The van der Waals surface area contributed by atoms with Gasteiger partial charge in [-0.15, -0.1) is 0 Å². The quantitative estimate of drug-likeness (QED) is 0.809. The highest BCUT2D eigenvalue weighted by atomic mass is 16.5. The lowest BCUT2D eigenvalue weighted by Crippen LogP contribution is -2.56. The Hall–Kier alpha value is -2.50.